The van der Waals surface area contributed by atoms with Gasteiger partial charge in [-0.1, -0.05) is 133 Å². The van der Waals surface area contributed by atoms with E-state index in [2.05, 4.69) is 175 Å². The molecule has 13 rings (SSSR count). The smallest absolute Gasteiger partial charge is 0.147 e. The summed E-state index contributed by atoms with van der Waals surface area (Å²) in [5.74, 6) is 0. The number of benzene rings is 10. The van der Waals surface area contributed by atoms with E-state index >= 15 is 0 Å². The Morgan fingerprint density at radius 3 is 1.75 bits per heavy atom. The lowest BCUT2D eigenvalue weighted by Crippen LogP contribution is -2.10. The van der Waals surface area contributed by atoms with Crippen LogP contribution >= 0.6 is 0 Å². The second-order valence-electron chi connectivity index (χ2n) is 15.6. The molecule has 280 valence electrons. The molecular formula is C56H33NO3. The molecule has 0 fully saturated rings. The van der Waals surface area contributed by atoms with Gasteiger partial charge in [0.2, 0.25) is 0 Å². The summed E-state index contributed by atoms with van der Waals surface area (Å²) in [7, 11) is 0. The molecule has 0 saturated carbocycles. The quantitative estimate of drug-likeness (QED) is 0.164. The van der Waals surface area contributed by atoms with Crippen LogP contribution in [0, 0.1) is 0 Å². The Hall–Kier alpha value is -8.08. The Labute approximate surface area is 343 Å². The van der Waals surface area contributed by atoms with Crippen LogP contribution in [0.1, 0.15) is 0 Å². The van der Waals surface area contributed by atoms with Crippen LogP contribution in [-0.2, 0) is 0 Å². The fourth-order valence-corrected chi connectivity index (χ4v) is 9.46. The fraction of sp³-hybridized carbons (Fsp3) is 0. The Bertz CT molecular complexity index is 3850. The van der Waals surface area contributed by atoms with Crippen molar-refractivity contribution in [2.24, 2.45) is 0 Å². The molecule has 0 spiro atoms. The third-order valence-corrected chi connectivity index (χ3v) is 12.2. The van der Waals surface area contributed by atoms with Crippen molar-refractivity contribution in [2.75, 3.05) is 4.90 Å². The van der Waals surface area contributed by atoms with Gasteiger partial charge in [0.05, 0.1) is 16.5 Å². The van der Waals surface area contributed by atoms with Crippen molar-refractivity contribution >= 4 is 104 Å². The van der Waals surface area contributed by atoms with Gasteiger partial charge in [-0.25, -0.2) is 0 Å². The van der Waals surface area contributed by atoms with Crippen LogP contribution in [0.2, 0.25) is 0 Å². The first-order valence-electron chi connectivity index (χ1n) is 20.3. The van der Waals surface area contributed by atoms with Crippen LogP contribution in [0.5, 0.6) is 0 Å². The minimum Gasteiger partial charge on any atom is -0.456 e. The average molecular weight is 768 g/mol. The van der Waals surface area contributed by atoms with Crippen LogP contribution in [-0.4, -0.2) is 0 Å². The molecule has 0 bridgehead atoms. The predicted octanol–water partition coefficient (Wildman–Crippen LogP) is 16.5. The van der Waals surface area contributed by atoms with Crippen molar-refractivity contribution in [1.29, 1.82) is 0 Å². The first-order chi connectivity index (χ1) is 29.7. The average Bonchev–Trinajstić information content (AvgIpc) is 4.01. The van der Waals surface area contributed by atoms with E-state index in [1.165, 1.54) is 27.1 Å². The van der Waals surface area contributed by atoms with Crippen molar-refractivity contribution in [3.63, 3.8) is 0 Å². The largest absolute Gasteiger partial charge is 0.456 e. The highest BCUT2D eigenvalue weighted by Gasteiger charge is 2.22. The van der Waals surface area contributed by atoms with E-state index in [9.17, 15) is 0 Å². The summed E-state index contributed by atoms with van der Waals surface area (Å²) >= 11 is 0. The Balaban J connectivity index is 0.985. The Morgan fingerprint density at radius 2 is 0.917 bits per heavy atom. The molecule has 0 N–H and O–H groups in total. The summed E-state index contributed by atoms with van der Waals surface area (Å²) in [5, 5.41) is 11.4. The van der Waals surface area contributed by atoms with E-state index in [-0.39, 0.29) is 0 Å². The molecule has 13 aromatic rings. The summed E-state index contributed by atoms with van der Waals surface area (Å²) in [6.45, 7) is 0. The standard InChI is InChI=1S/C56H33NO3/c1-2-13-41-35(10-1)22-23-36-24-25-37(33-47(36)41)34-26-28-39(29-27-34)57(48-18-9-21-51-53(48)45-14-3-5-19-49(45)58-51)40-12-7-11-38(32-40)42-16-8-17-43-44-30-31-52-54(56(44)60-55(42)43)46-15-4-6-20-50(46)59-52/h1-33H. The van der Waals surface area contributed by atoms with Crippen molar-refractivity contribution in [1.82, 2.24) is 0 Å². The lowest BCUT2D eigenvalue weighted by molar-refractivity contribution is 0.663. The van der Waals surface area contributed by atoms with Crippen molar-refractivity contribution < 1.29 is 13.3 Å². The van der Waals surface area contributed by atoms with Gasteiger partial charge in [-0.05, 0) is 105 Å². The molecule has 3 heterocycles. The van der Waals surface area contributed by atoms with Crippen LogP contribution in [0.15, 0.2) is 213 Å². The highest BCUT2D eigenvalue weighted by Crippen LogP contribution is 2.46. The molecular weight excluding hydrogens is 735 g/mol. The fourth-order valence-electron chi connectivity index (χ4n) is 9.46. The SMILES string of the molecule is c1cc(-c2cccc3c2oc2c3ccc3oc4ccccc4c32)cc(N(c2ccc(-c3ccc4ccc5ccccc5c4c3)cc2)c2cccc3oc4ccccc4c23)c1. The van der Waals surface area contributed by atoms with Crippen LogP contribution in [0.4, 0.5) is 17.1 Å². The molecule has 0 saturated heterocycles. The number of fused-ring (bicyclic) bond motifs is 13. The van der Waals surface area contributed by atoms with Crippen LogP contribution in [0.25, 0.3) is 110 Å². The number of furan rings is 3. The lowest BCUT2D eigenvalue weighted by Gasteiger charge is -2.27. The second-order valence-corrected chi connectivity index (χ2v) is 15.6. The third kappa shape index (κ3) is 4.91. The summed E-state index contributed by atoms with van der Waals surface area (Å²) in [6.07, 6.45) is 0. The third-order valence-electron chi connectivity index (χ3n) is 12.2. The van der Waals surface area contributed by atoms with Crippen molar-refractivity contribution in [3.05, 3.63) is 200 Å². The molecule has 0 amide bonds. The summed E-state index contributed by atoms with van der Waals surface area (Å²) in [4.78, 5) is 2.35. The van der Waals surface area contributed by atoms with E-state index in [4.69, 9.17) is 13.3 Å². The van der Waals surface area contributed by atoms with Gasteiger partial charge in [-0.15, -0.1) is 0 Å². The van der Waals surface area contributed by atoms with Gasteiger partial charge in [0.25, 0.3) is 0 Å². The van der Waals surface area contributed by atoms with E-state index in [1.54, 1.807) is 0 Å². The summed E-state index contributed by atoms with van der Waals surface area (Å²) < 4.78 is 19.6. The second kappa shape index (κ2) is 12.7. The first kappa shape index (κ1) is 32.9. The van der Waals surface area contributed by atoms with Crippen LogP contribution < -0.4 is 4.90 Å². The molecule has 10 aromatic carbocycles. The zero-order valence-corrected chi connectivity index (χ0v) is 32.2. The molecule has 0 aliphatic rings. The maximum Gasteiger partial charge on any atom is 0.147 e. The van der Waals surface area contributed by atoms with Crippen molar-refractivity contribution in [3.8, 4) is 22.3 Å². The molecule has 0 atom stereocenters. The minimum atomic E-state index is 0.822. The number of hydrogen-bond donors (Lipinski definition) is 0. The molecule has 4 heteroatoms. The van der Waals surface area contributed by atoms with Gasteiger partial charge in [0.15, 0.2) is 0 Å². The first-order valence-corrected chi connectivity index (χ1v) is 20.3. The number of para-hydroxylation sites is 3. The number of hydrogen-bond acceptors (Lipinski definition) is 4. The molecule has 0 aliphatic heterocycles. The molecule has 0 unspecified atom stereocenters. The van der Waals surface area contributed by atoms with E-state index < -0.39 is 0 Å². The van der Waals surface area contributed by atoms with Gasteiger partial charge in [0, 0.05) is 38.5 Å². The van der Waals surface area contributed by atoms with Gasteiger partial charge in [-0.2, -0.15) is 0 Å². The van der Waals surface area contributed by atoms with Crippen LogP contribution in [0.3, 0.4) is 0 Å². The maximum absolute atomic E-state index is 6.90. The lowest BCUT2D eigenvalue weighted by atomic mass is 9.97. The Morgan fingerprint density at radius 1 is 0.300 bits per heavy atom. The number of nitrogens with zero attached hydrogens (tertiary/aromatic N) is 1. The van der Waals surface area contributed by atoms with Gasteiger partial charge < -0.3 is 18.2 Å². The van der Waals surface area contributed by atoms with Gasteiger partial charge in [0.1, 0.15) is 33.5 Å². The van der Waals surface area contributed by atoms with E-state index in [1.807, 2.05) is 30.3 Å². The summed E-state index contributed by atoms with van der Waals surface area (Å²) in [6, 6.07) is 70.9. The predicted molar refractivity (Wildman–Crippen MR) is 249 cm³/mol. The minimum absolute atomic E-state index is 0.822. The monoisotopic (exact) mass is 767 g/mol. The number of rotatable bonds is 5. The molecule has 60 heavy (non-hydrogen) atoms. The van der Waals surface area contributed by atoms with Gasteiger partial charge >= 0.3 is 0 Å². The molecule has 0 aliphatic carbocycles. The van der Waals surface area contributed by atoms with Gasteiger partial charge in [-0.3, -0.25) is 0 Å². The zero-order chi connectivity index (χ0) is 39.3. The van der Waals surface area contributed by atoms with E-state index in [0.29, 0.717) is 0 Å². The summed E-state index contributed by atoms with van der Waals surface area (Å²) in [5.41, 5.74) is 12.6. The zero-order valence-electron chi connectivity index (χ0n) is 32.2. The highest BCUT2D eigenvalue weighted by molar-refractivity contribution is 6.23. The topological polar surface area (TPSA) is 42.7 Å². The van der Waals surface area contributed by atoms with Crippen molar-refractivity contribution in [2.45, 2.75) is 0 Å². The highest BCUT2D eigenvalue weighted by atomic mass is 16.3. The molecule has 0 radical (unpaired) electrons. The normalized spacial score (nSPS) is 12.0. The Kier molecular flexibility index (Phi) is 6.98. The maximum atomic E-state index is 6.90. The molecule has 4 nitrogen and oxygen atoms in total. The molecule has 3 aromatic heterocycles. The van der Waals surface area contributed by atoms with E-state index in [0.717, 1.165) is 99.6 Å². The number of anilines is 3.